The molecule has 1 atom stereocenters. The van der Waals surface area contributed by atoms with Gasteiger partial charge in [-0.3, -0.25) is 9.69 Å². The van der Waals surface area contributed by atoms with Crippen molar-refractivity contribution in [2.75, 3.05) is 26.4 Å². The minimum Gasteiger partial charge on any atom is -0.490 e. The van der Waals surface area contributed by atoms with Gasteiger partial charge in [-0.05, 0) is 56.2 Å². The van der Waals surface area contributed by atoms with Crippen LogP contribution in [-0.2, 0) is 16.9 Å². The third-order valence-electron chi connectivity index (χ3n) is 5.44. The summed E-state index contributed by atoms with van der Waals surface area (Å²) in [5.74, 6) is 2.00. The van der Waals surface area contributed by atoms with E-state index in [-0.39, 0.29) is 12.5 Å². The SMILES string of the molecule is CCOc1cc(Br)c(CN2C(=O)NC(C)(c3ccc4c(c3)OCCO4)C2=O)cc1OCC. The molecule has 0 radical (unpaired) electrons. The third-order valence-corrected chi connectivity index (χ3v) is 6.17. The zero-order chi connectivity index (χ0) is 22.9. The summed E-state index contributed by atoms with van der Waals surface area (Å²) >= 11 is 3.53. The summed E-state index contributed by atoms with van der Waals surface area (Å²) in [5.41, 5.74) is 0.142. The van der Waals surface area contributed by atoms with Crippen LogP contribution >= 0.6 is 15.9 Å². The van der Waals surface area contributed by atoms with E-state index in [2.05, 4.69) is 21.2 Å². The molecule has 32 heavy (non-hydrogen) atoms. The van der Waals surface area contributed by atoms with E-state index >= 15 is 0 Å². The Hall–Kier alpha value is -2.94. The lowest BCUT2D eigenvalue weighted by Crippen LogP contribution is -2.41. The predicted octanol–water partition coefficient (Wildman–Crippen LogP) is 3.98. The van der Waals surface area contributed by atoms with Gasteiger partial charge in [-0.25, -0.2) is 4.79 Å². The molecule has 2 aliphatic rings. The number of hydrogen-bond donors (Lipinski definition) is 1. The van der Waals surface area contributed by atoms with Gasteiger partial charge < -0.3 is 24.3 Å². The molecule has 0 bridgehead atoms. The molecule has 170 valence electrons. The number of nitrogens with one attached hydrogen (secondary N) is 1. The van der Waals surface area contributed by atoms with Crippen LogP contribution < -0.4 is 24.3 Å². The first-order valence-corrected chi connectivity index (χ1v) is 11.3. The molecule has 1 saturated heterocycles. The number of fused-ring (bicyclic) bond motifs is 1. The highest BCUT2D eigenvalue weighted by Crippen LogP contribution is 2.39. The lowest BCUT2D eigenvalue weighted by atomic mass is 9.91. The number of rotatable bonds is 7. The molecule has 3 amide bonds. The molecule has 2 heterocycles. The molecule has 0 spiro atoms. The van der Waals surface area contributed by atoms with E-state index in [1.165, 1.54) is 4.90 Å². The Kier molecular flexibility index (Phi) is 6.19. The van der Waals surface area contributed by atoms with Crippen molar-refractivity contribution in [3.8, 4) is 23.0 Å². The highest BCUT2D eigenvalue weighted by Gasteiger charge is 2.49. The highest BCUT2D eigenvalue weighted by atomic mass is 79.9. The van der Waals surface area contributed by atoms with Crippen LogP contribution in [0.15, 0.2) is 34.8 Å². The normalized spacial score (nSPS) is 19.7. The fraction of sp³-hybridized carbons (Fsp3) is 0.391. The first-order chi connectivity index (χ1) is 15.4. The van der Waals surface area contributed by atoms with Gasteiger partial charge in [0.15, 0.2) is 23.0 Å². The van der Waals surface area contributed by atoms with E-state index in [4.69, 9.17) is 18.9 Å². The van der Waals surface area contributed by atoms with Gasteiger partial charge in [0, 0.05) is 4.47 Å². The monoisotopic (exact) mass is 504 g/mol. The van der Waals surface area contributed by atoms with Gasteiger partial charge in [0.1, 0.15) is 18.8 Å². The Labute approximate surface area is 194 Å². The van der Waals surface area contributed by atoms with E-state index in [1.54, 1.807) is 37.3 Å². The third kappa shape index (κ3) is 3.97. The Morgan fingerprint density at radius 3 is 2.38 bits per heavy atom. The summed E-state index contributed by atoms with van der Waals surface area (Å²) in [5, 5.41) is 2.83. The van der Waals surface area contributed by atoms with Crippen LogP contribution in [0.25, 0.3) is 0 Å². The van der Waals surface area contributed by atoms with Crippen LogP contribution in [0.1, 0.15) is 31.9 Å². The fourth-order valence-corrected chi connectivity index (χ4v) is 4.24. The first-order valence-electron chi connectivity index (χ1n) is 10.5. The molecule has 8 nitrogen and oxygen atoms in total. The maximum Gasteiger partial charge on any atom is 0.325 e. The summed E-state index contributed by atoms with van der Waals surface area (Å²) in [6.45, 7) is 7.42. The largest absolute Gasteiger partial charge is 0.490 e. The van der Waals surface area contributed by atoms with Crippen LogP contribution in [0.4, 0.5) is 4.79 Å². The average Bonchev–Trinajstić information content (AvgIpc) is 3.00. The van der Waals surface area contributed by atoms with Gasteiger partial charge in [-0.1, -0.05) is 22.0 Å². The number of ether oxygens (including phenoxy) is 4. The minimum absolute atomic E-state index is 0.0812. The summed E-state index contributed by atoms with van der Waals surface area (Å²) in [7, 11) is 0. The molecule has 1 fully saturated rings. The first kappa shape index (κ1) is 22.3. The van der Waals surface area contributed by atoms with Crippen molar-refractivity contribution in [1.82, 2.24) is 10.2 Å². The number of carbonyl (C=O) groups excluding carboxylic acids is 2. The van der Waals surface area contributed by atoms with E-state index in [0.29, 0.717) is 55.0 Å². The van der Waals surface area contributed by atoms with Crippen LogP contribution in [0.2, 0.25) is 0 Å². The summed E-state index contributed by atoms with van der Waals surface area (Å²) in [6, 6.07) is 8.40. The van der Waals surface area contributed by atoms with Gasteiger partial charge in [-0.2, -0.15) is 0 Å². The molecular formula is C23H25BrN2O6. The van der Waals surface area contributed by atoms with E-state index in [9.17, 15) is 9.59 Å². The smallest absolute Gasteiger partial charge is 0.325 e. The lowest BCUT2D eigenvalue weighted by Gasteiger charge is -2.25. The fourth-order valence-electron chi connectivity index (χ4n) is 3.80. The molecule has 2 aromatic carbocycles. The van der Waals surface area contributed by atoms with Gasteiger partial charge >= 0.3 is 6.03 Å². The van der Waals surface area contributed by atoms with Crippen molar-refractivity contribution in [3.63, 3.8) is 0 Å². The number of halogens is 1. The van der Waals surface area contributed by atoms with Crippen LogP contribution in [0.5, 0.6) is 23.0 Å². The predicted molar refractivity (Wildman–Crippen MR) is 120 cm³/mol. The highest BCUT2D eigenvalue weighted by molar-refractivity contribution is 9.10. The molecule has 1 N–H and O–H groups in total. The Balaban J connectivity index is 1.62. The maximum absolute atomic E-state index is 13.4. The van der Waals surface area contributed by atoms with E-state index < -0.39 is 11.6 Å². The number of nitrogens with zero attached hydrogens (tertiary/aromatic N) is 1. The number of urea groups is 1. The second-order valence-electron chi connectivity index (χ2n) is 7.56. The number of hydrogen-bond acceptors (Lipinski definition) is 6. The molecular weight excluding hydrogens is 480 g/mol. The van der Waals surface area contributed by atoms with Gasteiger partial charge in [0.25, 0.3) is 5.91 Å². The van der Waals surface area contributed by atoms with Crippen molar-refractivity contribution >= 4 is 27.9 Å². The van der Waals surface area contributed by atoms with Crippen molar-refractivity contribution < 1.29 is 28.5 Å². The molecule has 2 aromatic rings. The van der Waals surface area contributed by atoms with Crippen LogP contribution in [0, 0.1) is 0 Å². The minimum atomic E-state index is -1.21. The van der Waals surface area contributed by atoms with E-state index in [0.717, 1.165) is 10.0 Å². The average molecular weight is 505 g/mol. The summed E-state index contributed by atoms with van der Waals surface area (Å²) in [4.78, 5) is 27.4. The second-order valence-corrected chi connectivity index (χ2v) is 8.42. The lowest BCUT2D eigenvalue weighted by molar-refractivity contribution is -0.131. The number of carbonyl (C=O) groups is 2. The molecule has 2 aliphatic heterocycles. The van der Waals surface area contributed by atoms with E-state index in [1.807, 2.05) is 13.8 Å². The molecule has 4 rings (SSSR count). The quantitative estimate of drug-likeness (QED) is 0.573. The van der Waals surface area contributed by atoms with Crippen molar-refractivity contribution in [2.45, 2.75) is 32.9 Å². The molecule has 1 unspecified atom stereocenters. The Morgan fingerprint density at radius 1 is 1.03 bits per heavy atom. The summed E-state index contributed by atoms with van der Waals surface area (Å²) in [6.07, 6.45) is 0. The van der Waals surface area contributed by atoms with Crippen LogP contribution in [0.3, 0.4) is 0 Å². The number of benzene rings is 2. The number of amides is 3. The zero-order valence-electron chi connectivity index (χ0n) is 18.2. The maximum atomic E-state index is 13.4. The standard InChI is InChI=1S/C23H25BrN2O6/c1-4-29-18-10-14(16(24)12-20(18)30-5-2)13-26-21(27)23(3,25-22(26)28)15-6-7-17-19(11-15)32-9-8-31-17/h6-7,10-12H,4-5,8-9,13H2,1-3H3,(H,25,28). The molecule has 9 heteroatoms. The number of imide groups is 1. The Bertz CT molecular complexity index is 1060. The molecule has 0 aliphatic carbocycles. The Morgan fingerprint density at radius 2 is 1.69 bits per heavy atom. The van der Waals surface area contributed by atoms with Gasteiger partial charge in [0.2, 0.25) is 0 Å². The van der Waals surface area contributed by atoms with Crippen LogP contribution in [-0.4, -0.2) is 43.3 Å². The second kappa shape index (κ2) is 8.90. The summed E-state index contributed by atoms with van der Waals surface area (Å²) < 4.78 is 23.2. The topological polar surface area (TPSA) is 86.3 Å². The van der Waals surface area contributed by atoms with Crippen molar-refractivity contribution in [3.05, 3.63) is 45.9 Å². The van der Waals surface area contributed by atoms with Gasteiger partial charge in [0.05, 0.1) is 19.8 Å². The van der Waals surface area contributed by atoms with Gasteiger partial charge in [-0.15, -0.1) is 0 Å². The molecule has 0 saturated carbocycles. The molecule has 0 aromatic heterocycles. The van der Waals surface area contributed by atoms with Crippen molar-refractivity contribution in [1.29, 1.82) is 0 Å². The zero-order valence-corrected chi connectivity index (χ0v) is 19.8. The van der Waals surface area contributed by atoms with Crippen molar-refractivity contribution in [2.24, 2.45) is 0 Å².